The summed E-state index contributed by atoms with van der Waals surface area (Å²) in [5, 5.41) is 0. The topological polar surface area (TPSA) is 96.0 Å². The highest BCUT2D eigenvalue weighted by atomic mass is 16.5. The Morgan fingerprint density at radius 1 is 0.595 bits per heavy atom. The number of carbonyl (C=O) groups is 2. The van der Waals surface area contributed by atoms with Gasteiger partial charge >= 0.3 is 11.9 Å². The maximum Gasteiger partial charge on any atom is 0.338 e. The highest BCUT2D eigenvalue weighted by Gasteiger charge is 2.17. The van der Waals surface area contributed by atoms with Crippen LogP contribution in [0.25, 0.3) is 0 Å². The van der Waals surface area contributed by atoms with Crippen LogP contribution in [0.5, 0.6) is 23.0 Å². The lowest BCUT2D eigenvalue weighted by Gasteiger charge is -2.21. The first-order chi connectivity index (χ1) is 17.9. The lowest BCUT2D eigenvalue weighted by molar-refractivity contribution is 0.0442. The van der Waals surface area contributed by atoms with E-state index in [0.717, 1.165) is 32.6 Å². The van der Waals surface area contributed by atoms with Crippen LogP contribution in [-0.4, -0.2) is 103 Å². The van der Waals surface area contributed by atoms with Crippen LogP contribution in [0, 0.1) is 0 Å². The molecule has 202 valence electrons. The molecule has 1 saturated heterocycles. The molecule has 0 bridgehead atoms. The summed E-state index contributed by atoms with van der Waals surface area (Å²) in [5.41, 5.74) is 0.778. The summed E-state index contributed by atoms with van der Waals surface area (Å²) in [6, 6.07) is 9.93. The van der Waals surface area contributed by atoms with E-state index in [1.165, 1.54) is 28.4 Å². The van der Waals surface area contributed by atoms with Crippen molar-refractivity contribution in [3.8, 4) is 23.0 Å². The average Bonchev–Trinajstić information content (AvgIpc) is 3.17. The monoisotopic (exact) mass is 516 g/mol. The molecule has 0 aromatic heterocycles. The van der Waals surface area contributed by atoms with Crippen molar-refractivity contribution in [3.05, 3.63) is 47.5 Å². The SMILES string of the molecule is COc1cc(OC)cc(C(=O)OCCN2CCCN(CCOC(=O)c3cc(OC)cc(OC)c3)CC2)c1. The van der Waals surface area contributed by atoms with Crippen LogP contribution >= 0.6 is 0 Å². The Kier molecular flexibility index (Phi) is 10.8. The van der Waals surface area contributed by atoms with Crippen molar-refractivity contribution in [3.63, 3.8) is 0 Å². The van der Waals surface area contributed by atoms with Gasteiger partial charge in [0.05, 0.1) is 39.6 Å². The third-order valence-corrected chi connectivity index (χ3v) is 6.14. The normalized spacial score (nSPS) is 14.4. The number of hydrogen-bond donors (Lipinski definition) is 0. The standard InChI is InChI=1S/C27H36N2O8/c1-32-22-14-20(15-23(18-22)33-2)26(30)36-12-10-28-6-5-7-29(9-8-28)11-13-37-27(31)21-16-24(34-3)19-25(17-21)35-4/h14-19H,5-13H2,1-4H3. The van der Waals surface area contributed by atoms with Crippen LogP contribution in [0.2, 0.25) is 0 Å². The second kappa shape index (κ2) is 14.3. The Labute approximate surface area is 217 Å². The summed E-state index contributed by atoms with van der Waals surface area (Å²) in [6.07, 6.45) is 0.974. The van der Waals surface area contributed by atoms with Gasteiger partial charge in [0.2, 0.25) is 0 Å². The van der Waals surface area contributed by atoms with Crippen molar-refractivity contribution in [1.82, 2.24) is 9.80 Å². The summed E-state index contributed by atoms with van der Waals surface area (Å²) in [5.74, 6) is 1.31. The first-order valence-corrected chi connectivity index (χ1v) is 12.2. The van der Waals surface area contributed by atoms with Crippen LogP contribution in [0.1, 0.15) is 27.1 Å². The number of nitrogens with zero attached hydrogens (tertiary/aromatic N) is 2. The Morgan fingerprint density at radius 2 is 0.946 bits per heavy atom. The third kappa shape index (κ3) is 8.54. The van der Waals surface area contributed by atoms with Gasteiger partial charge in [0.1, 0.15) is 36.2 Å². The second-order valence-corrected chi connectivity index (χ2v) is 8.51. The predicted octanol–water partition coefficient (Wildman–Crippen LogP) is 2.74. The van der Waals surface area contributed by atoms with Crippen LogP contribution in [0.4, 0.5) is 0 Å². The van der Waals surface area contributed by atoms with E-state index in [1.54, 1.807) is 36.4 Å². The molecule has 10 heteroatoms. The molecule has 10 nitrogen and oxygen atoms in total. The van der Waals surface area contributed by atoms with E-state index in [9.17, 15) is 9.59 Å². The summed E-state index contributed by atoms with van der Waals surface area (Å²) >= 11 is 0. The van der Waals surface area contributed by atoms with Gasteiger partial charge in [-0.05, 0) is 43.8 Å². The van der Waals surface area contributed by atoms with E-state index in [2.05, 4.69) is 9.80 Å². The van der Waals surface area contributed by atoms with Crippen LogP contribution in [0.15, 0.2) is 36.4 Å². The molecular formula is C27H36N2O8. The highest BCUT2D eigenvalue weighted by molar-refractivity contribution is 5.91. The summed E-state index contributed by atoms with van der Waals surface area (Å²) in [4.78, 5) is 29.5. The first kappa shape index (κ1) is 28.1. The average molecular weight is 517 g/mol. The zero-order chi connectivity index (χ0) is 26.6. The molecule has 0 saturated carbocycles. The van der Waals surface area contributed by atoms with Gasteiger partial charge in [-0.2, -0.15) is 0 Å². The summed E-state index contributed by atoms with van der Waals surface area (Å²) in [6.45, 7) is 5.37. The molecule has 0 spiro atoms. The van der Waals surface area contributed by atoms with E-state index in [4.69, 9.17) is 28.4 Å². The molecule has 0 radical (unpaired) electrons. The van der Waals surface area contributed by atoms with Crippen LogP contribution in [-0.2, 0) is 9.47 Å². The number of rotatable bonds is 12. The zero-order valence-corrected chi connectivity index (χ0v) is 22.0. The minimum atomic E-state index is -0.413. The van der Waals surface area contributed by atoms with Gasteiger partial charge in [-0.15, -0.1) is 0 Å². The second-order valence-electron chi connectivity index (χ2n) is 8.51. The molecule has 0 N–H and O–H groups in total. The first-order valence-electron chi connectivity index (χ1n) is 12.2. The van der Waals surface area contributed by atoms with E-state index in [1.807, 2.05) is 0 Å². The molecule has 2 aromatic carbocycles. The summed E-state index contributed by atoms with van der Waals surface area (Å²) < 4.78 is 31.8. The quantitative estimate of drug-likeness (QED) is 0.392. The van der Waals surface area contributed by atoms with Crippen LogP contribution in [0.3, 0.4) is 0 Å². The molecule has 37 heavy (non-hydrogen) atoms. The van der Waals surface area contributed by atoms with E-state index in [0.29, 0.717) is 60.4 Å². The predicted molar refractivity (Wildman–Crippen MR) is 137 cm³/mol. The molecule has 0 aliphatic carbocycles. The van der Waals surface area contributed by atoms with Crippen LogP contribution < -0.4 is 18.9 Å². The Bertz CT molecular complexity index is 919. The van der Waals surface area contributed by atoms with E-state index >= 15 is 0 Å². The van der Waals surface area contributed by atoms with Gasteiger partial charge < -0.3 is 28.4 Å². The van der Waals surface area contributed by atoms with Gasteiger partial charge in [0.25, 0.3) is 0 Å². The molecule has 1 aliphatic heterocycles. The number of hydrogen-bond acceptors (Lipinski definition) is 10. The van der Waals surface area contributed by atoms with E-state index in [-0.39, 0.29) is 0 Å². The fourth-order valence-corrected chi connectivity index (χ4v) is 4.02. The molecule has 3 rings (SSSR count). The third-order valence-electron chi connectivity index (χ3n) is 6.14. The molecule has 1 fully saturated rings. The van der Waals surface area contributed by atoms with Gasteiger partial charge in [-0.1, -0.05) is 0 Å². The van der Waals surface area contributed by atoms with Gasteiger partial charge in [-0.3, -0.25) is 9.80 Å². The van der Waals surface area contributed by atoms with E-state index < -0.39 is 11.9 Å². The summed E-state index contributed by atoms with van der Waals surface area (Å²) in [7, 11) is 6.15. The smallest absolute Gasteiger partial charge is 0.338 e. The zero-order valence-electron chi connectivity index (χ0n) is 22.0. The fourth-order valence-electron chi connectivity index (χ4n) is 4.02. The molecule has 0 atom stereocenters. The van der Waals surface area contributed by atoms with Crippen molar-refractivity contribution in [2.24, 2.45) is 0 Å². The van der Waals surface area contributed by atoms with Crippen molar-refractivity contribution < 1.29 is 38.0 Å². The minimum Gasteiger partial charge on any atom is -0.497 e. The van der Waals surface area contributed by atoms with Crippen molar-refractivity contribution in [2.45, 2.75) is 6.42 Å². The van der Waals surface area contributed by atoms with Crippen molar-refractivity contribution in [2.75, 3.05) is 80.9 Å². The molecule has 0 unspecified atom stereocenters. The molecule has 0 amide bonds. The fraction of sp³-hybridized carbons (Fsp3) is 0.481. The van der Waals surface area contributed by atoms with Gasteiger partial charge in [0.15, 0.2) is 0 Å². The van der Waals surface area contributed by atoms with Gasteiger partial charge in [-0.25, -0.2) is 9.59 Å². The molecule has 1 aliphatic rings. The largest absolute Gasteiger partial charge is 0.497 e. The number of carbonyl (C=O) groups excluding carboxylic acids is 2. The molecule has 1 heterocycles. The molecular weight excluding hydrogens is 480 g/mol. The molecule has 2 aromatic rings. The minimum absolute atomic E-state index is 0.292. The van der Waals surface area contributed by atoms with Crippen molar-refractivity contribution >= 4 is 11.9 Å². The van der Waals surface area contributed by atoms with Gasteiger partial charge in [0, 0.05) is 38.3 Å². The van der Waals surface area contributed by atoms with Crippen molar-refractivity contribution in [1.29, 1.82) is 0 Å². The number of esters is 2. The Hall–Kier alpha value is -3.50. The Balaban J connectivity index is 1.39. The maximum atomic E-state index is 12.5. The number of benzene rings is 2. The highest BCUT2D eigenvalue weighted by Crippen LogP contribution is 2.24. The lowest BCUT2D eigenvalue weighted by Crippen LogP contribution is -2.34. The number of ether oxygens (including phenoxy) is 6. The lowest BCUT2D eigenvalue weighted by atomic mass is 10.2. The maximum absolute atomic E-state index is 12.5. The number of methoxy groups -OCH3 is 4. The Morgan fingerprint density at radius 3 is 1.27 bits per heavy atom.